The van der Waals surface area contributed by atoms with Gasteiger partial charge in [-0.2, -0.15) is 18.3 Å². The third-order valence-electron chi connectivity index (χ3n) is 6.36. The van der Waals surface area contributed by atoms with Gasteiger partial charge in [-0.3, -0.25) is 14.6 Å². The molecule has 12 heteroatoms. The van der Waals surface area contributed by atoms with Crippen molar-refractivity contribution in [2.45, 2.75) is 19.1 Å². The average molecular weight is 539 g/mol. The lowest BCUT2D eigenvalue weighted by molar-refractivity contribution is -0.140. The first-order valence-corrected chi connectivity index (χ1v) is 11.7. The van der Waals surface area contributed by atoms with E-state index in [-0.39, 0.29) is 16.8 Å². The molecule has 5 rings (SSSR count). The number of nitrogens with one attached hydrogen (secondary N) is 2. The number of nitrogens with zero attached hydrogens (tertiary/aromatic N) is 4. The van der Waals surface area contributed by atoms with Crippen molar-refractivity contribution in [1.82, 2.24) is 19.7 Å². The number of allylic oxidation sites excluding steroid dienone is 1. The van der Waals surface area contributed by atoms with Crippen LogP contribution in [0.25, 0.3) is 10.8 Å². The molecule has 2 N–H and O–H groups in total. The number of rotatable bonds is 4. The predicted molar refractivity (Wildman–Crippen MR) is 136 cm³/mol. The zero-order chi connectivity index (χ0) is 28.1. The fraction of sp³-hybridized carbons (Fsp3) is 0.185. The van der Waals surface area contributed by atoms with E-state index in [9.17, 15) is 27.2 Å². The Kier molecular flexibility index (Phi) is 6.33. The Morgan fingerprint density at radius 1 is 1.05 bits per heavy atom. The third kappa shape index (κ3) is 4.80. The topological polar surface area (TPSA) is 92.1 Å². The smallest absolute Gasteiger partial charge is 0.344 e. The van der Waals surface area contributed by atoms with Gasteiger partial charge in [-0.25, -0.2) is 9.07 Å². The van der Waals surface area contributed by atoms with Gasteiger partial charge in [0.15, 0.2) is 5.69 Å². The molecule has 0 fully saturated rings. The number of carbonyl (C=O) groups excluding carboxylic acids is 2. The number of alkyl halides is 3. The molecule has 0 spiro atoms. The zero-order valence-corrected chi connectivity index (χ0v) is 21.0. The molecule has 2 aromatic heterocycles. The van der Waals surface area contributed by atoms with Crippen LogP contribution in [0.1, 0.15) is 34.6 Å². The Morgan fingerprint density at radius 2 is 1.82 bits per heavy atom. The maximum Gasteiger partial charge on any atom is 0.419 e. The van der Waals surface area contributed by atoms with Crippen molar-refractivity contribution in [3.63, 3.8) is 0 Å². The van der Waals surface area contributed by atoms with Gasteiger partial charge in [0, 0.05) is 49.3 Å². The molecule has 0 bridgehead atoms. The summed E-state index contributed by atoms with van der Waals surface area (Å²) in [6.45, 7) is 1.61. The first kappa shape index (κ1) is 25.9. The van der Waals surface area contributed by atoms with Gasteiger partial charge in [-0.05, 0) is 48.2 Å². The molecule has 1 aliphatic heterocycles. The van der Waals surface area contributed by atoms with Crippen LogP contribution >= 0.6 is 0 Å². The summed E-state index contributed by atoms with van der Waals surface area (Å²) in [5.41, 5.74) is -0.433. The molecular formula is C27H22F4N6O2. The van der Waals surface area contributed by atoms with Crippen LogP contribution in [0, 0.1) is 5.82 Å². The highest BCUT2D eigenvalue weighted by atomic mass is 19.4. The van der Waals surface area contributed by atoms with E-state index < -0.39 is 35.4 Å². The summed E-state index contributed by atoms with van der Waals surface area (Å²) < 4.78 is 55.8. The van der Waals surface area contributed by atoms with E-state index in [2.05, 4.69) is 20.7 Å². The molecule has 8 nitrogen and oxygen atoms in total. The third-order valence-corrected chi connectivity index (χ3v) is 6.36. The molecule has 2 amide bonds. The first-order chi connectivity index (χ1) is 18.4. The van der Waals surface area contributed by atoms with E-state index in [0.717, 1.165) is 22.9 Å². The second-order valence-corrected chi connectivity index (χ2v) is 9.25. The molecule has 3 heterocycles. The Labute approximate surface area is 219 Å². The molecule has 0 radical (unpaired) electrons. The van der Waals surface area contributed by atoms with Crippen LogP contribution in [-0.2, 0) is 11.0 Å². The number of carbonyl (C=O) groups is 2. The lowest BCUT2D eigenvalue weighted by Gasteiger charge is -2.30. The summed E-state index contributed by atoms with van der Waals surface area (Å²) in [4.78, 5) is 31.6. The van der Waals surface area contributed by atoms with Crippen LogP contribution in [0.5, 0.6) is 0 Å². The van der Waals surface area contributed by atoms with Crippen LogP contribution < -0.4 is 10.6 Å². The van der Waals surface area contributed by atoms with E-state index >= 15 is 0 Å². The van der Waals surface area contributed by atoms with Crippen molar-refractivity contribution in [1.29, 1.82) is 0 Å². The monoisotopic (exact) mass is 538 g/mol. The highest BCUT2D eigenvalue weighted by Crippen LogP contribution is 2.39. The number of hydrogen-bond donors (Lipinski definition) is 2. The Bertz CT molecular complexity index is 1660. The number of aromatic nitrogens is 3. The van der Waals surface area contributed by atoms with E-state index in [0.29, 0.717) is 23.3 Å². The summed E-state index contributed by atoms with van der Waals surface area (Å²) in [6.07, 6.45) is -1.59. The lowest BCUT2D eigenvalue weighted by atomic mass is 9.93. The molecule has 39 heavy (non-hydrogen) atoms. The minimum absolute atomic E-state index is 0.0393. The minimum atomic E-state index is -4.89. The van der Waals surface area contributed by atoms with Crippen molar-refractivity contribution >= 4 is 34.1 Å². The van der Waals surface area contributed by atoms with Gasteiger partial charge in [0.25, 0.3) is 11.8 Å². The highest BCUT2D eigenvalue weighted by Gasteiger charge is 2.38. The standard InChI is InChI=1S/C27H22F4N6O2/c1-14-23(25(38)34-18-6-4-17-13-32-9-8-15(17)10-18)24(16-5-7-19(20(28)11-16)27(29,30)31)37-22(33-14)12-21(35-37)26(39)36(2)3/h4-13,24,33H,1-3H3,(H,34,38). The van der Waals surface area contributed by atoms with Gasteiger partial charge in [-0.15, -0.1) is 0 Å². The van der Waals surface area contributed by atoms with Gasteiger partial charge in [-0.1, -0.05) is 12.1 Å². The lowest BCUT2D eigenvalue weighted by Crippen LogP contribution is -2.31. The Balaban J connectivity index is 1.60. The van der Waals surface area contributed by atoms with Crippen LogP contribution in [0.3, 0.4) is 0 Å². The van der Waals surface area contributed by atoms with Crippen LogP contribution in [0.4, 0.5) is 29.1 Å². The van der Waals surface area contributed by atoms with Crippen LogP contribution in [-0.4, -0.2) is 45.6 Å². The average Bonchev–Trinajstić information content (AvgIpc) is 3.29. The van der Waals surface area contributed by atoms with Crippen molar-refractivity contribution in [3.05, 3.63) is 94.8 Å². The number of amides is 2. The fourth-order valence-electron chi connectivity index (χ4n) is 4.50. The molecule has 0 saturated heterocycles. The number of pyridine rings is 1. The zero-order valence-electron chi connectivity index (χ0n) is 21.0. The largest absolute Gasteiger partial charge is 0.419 e. The molecule has 0 saturated carbocycles. The summed E-state index contributed by atoms with van der Waals surface area (Å²) in [5.74, 6) is -2.18. The van der Waals surface area contributed by atoms with Crippen molar-refractivity contribution < 1.29 is 27.2 Å². The SMILES string of the molecule is CC1=C(C(=O)Nc2ccc3cnccc3c2)C(c2ccc(C(F)(F)F)c(F)c2)n2nc(C(=O)N(C)C)cc2N1. The van der Waals surface area contributed by atoms with Crippen molar-refractivity contribution in [2.75, 3.05) is 24.7 Å². The van der Waals surface area contributed by atoms with Gasteiger partial charge >= 0.3 is 6.18 Å². The van der Waals surface area contributed by atoms with Crippen molar-refractivity contribution in [2.24, 2.45) is 0 Å². The molecule has 200 valence electrons. The molecule has 1 atom stereocenters. The summed E-state index contributed by atoms with van der Waals surface area (Å²) in [7, 11) is 3.08. The first-order valence-electron chi connectivity index (χ1n) is 11.7. The molecule has 1 unspecified atom stereocenters. The number of benzene rings is 2. The van der Waals surface area contributed by atoms with Gasteiger partial charge in [0.1, 0.15) is 17.7 Å². The molecule has 1 aliphatic rings. The van der Waals surface area contributed by atoms with Gasteiger partial charge in [0.05, 0.1) is 11.1 Å². The van der Waals surface area contributed by atoms with E-state index in [4.69, 9.17) is 0 Å². The molecule has 2 aromatic carbocycles. The molecule has 0 aliphatic carbocycles. The van der Waals surface area contributed by atoms with E-state index in [1.807, 2.05) is 0 Å². The maximum atomic E-state index is 14.7. The second kappa shape index (κ2) is 9.53. The number of hydrogen-bond acceptors (Lipinski definition) is 5. The number of halogens is 4. The normalized spacial score (nSPS) is 15.1. The number of fused-ring (bicyclic) bond motifs is 2. The Morgan fingerprint density at radius 3 is 2.51 bits per heavy atom. The summed E-state index contributed by atoms with van der Waals surface area (Å²) in [6, 6.07) is 9.80. The van der Waals surface area contributed by atoms with Crippen molar-refractivity contribution in [3.8, 4) is 0 Å². The summed E-state index contributed by atoms with van der Waals surface area (Å²) >= 11 is 0. The highest BCUT2D eigenvalue weighted by molar-refractivity contribution is 6.07. The predicted octanol–water partition coefficient (Wildman–Crippen LogP) is 5.22. The van der Waals surface area contributed by atoms with E-state index in [1.165, 1.54) is 15.6 Å². The quantitative estimate of drug-likeness (QED) is 0.348. The second-order valence-electron chi connectivity index (χ2n) is 9.25. The molecular weight excluding hydrogens is 516 g/mol. The van der Waals surface area contributed by atoms with Gasteiger partial charge in [0.2, 0.25) is 0 Å². The fourth-order valence-corrected chi connectivity index (χ4v) is 4.50. The summed E-state index contributed by atoms with van der Waals surface area (Å²) in [5, 5.41) is 11.9. The van der Waals surface area contributed by atoms with E-state index in [1.54, 1.807) is 57.7 Å². The maximum absolute atomic E-state index is 14.7. The van der Waals surface area contributed by atoms with Gasteiger partial charge < -0.3 is 15.5 Å². The molecule has 4 aromatic rings. The minimum Gasteiger partial charge on any atom is -0.344 e. The Hall–Kier alpha value is -4.74. The van der Waals surface area contributed by atoms with Crippen LogP contribution in [0.15, 0.2) is 72.2 Å². The number of anilines is 2. The van der Waals surface area contributed by atoms with Crippen LogP contribution in [0.2, 0.25) is 0 Å².